The van der Waals surface area contributed by atoms with Gasteiger partial charge in [-0.2, -0.15) is 4.68 Å². The van der Waals surface area contributed by atoms with E-state index < -0.39 is 5.56 Å². The molecule has 2 aromatic rings. The summed E-state index contributed by atoms with van der Waals surface area (Å²) in [6, 6.07) is 7.52. The van der Waals surface area contributed by atoms with Crippen LogP contribution in [0.15, 0.2) is 34.2 Å². The molecule has 2 amide bonds. The SMILES string of the molecule is CCc1ccccc1NC(=O)CN(C)C(=O)CSc1nnc(C)c(=O)n1N. The molecule has 0 fully saturated rings. The molecule has 27 heavy (non-hydrogen) atoms. The molecular weight excluding hydrogens is 368 g/mol. The predicted octanol–water partition coefficient (Wildman–Crippen LogP) is 0.412. The van der Waals surface area contributed by atoms with Gasteiger partial charge < -0.3 is 16.1 Å². The van der Waals surface area contributed by atoms with Crippen molar-refractivity contribution in [2.45, 2.75) is 25.4 Å². The van der Waals surface area contributed by atoms with Crippen molar-refractivity contribution < 1.29 is 9.59 Å². The fourth-order valence-electron chi connectivity index (χ4n) is 2.25. The number of benzene rings is 1. The summed E-state index contributed by atoms with van der Waals surface area (Å²) in [6.45, 7) is 3.41. The quantitative estimate of drug-likeness (QED) is 0.518. The number of carbonyl (C=O) groups is 2. The number of amides is 2. The van der Waals surface area contributed by atoms with E-state index in [1.165, 1.54) is 18.9 Å². The third-order valence-corrected chi connectivity index (χ3v) is 4.75. The number of anilines is 1. The highest BCUT2D eigenvalue weighted by atomic mass is 32.2. The van der Waals surface area contributed by atoms with E-state index in [4.69, 9.17) is 5.84 Å². The van der Waals surface area contributed by atoms with E-state index in [0.29, 0.717) is 0 Å². The zero-order chi connectivity index (χ0) is 20.0. The molecule has 0 aliphatic heterocycles. The van der Waals surface area contributed by atoms with Gasteiger partial charge in [0.1, 0.15) is 5.69 Å². The van der Waals surface area contributed by atoms with Crippen LogP contribution in [-0.2, 0) is 16.0 Å². The van der Waals surface area contributed by atoms with Crippen molar-refractivity contribution in [3.8, 4) is 0 Å². The van der Waals surface area contributed by atoms with Crippen LogP contribution in [0.1, 0.15) is 18.2 Å². The van der Waals surface area contributed by atoms with E-state index in [2.05, 4.69) is 15.5 Å². The number of rotatable bonds is 7. The molecule has 1 aromatic carbocycles. The van der Waals surface area contributed by atoms with Gasteiger partial charge in [-0.1, -0.05) is 36.9 Å². The molecule has 1 aromatic heterocycles. The lowest BCUT2D eigenvalue weighted by molar-refractivity contribution is -0.131. The number of aromatic nitrogens is 3. The van der Waals surface area contributed by atoms with Crippen LogP contribution in [0.4, 0.5) is 5.69 Å². The van der Waals surface area contributed by atoms with Crippen LogP contribution in [0.5, 0.6) is 0 Å². The van der Waals surface area contributed by atoms with Crippen molar-refractivity contribution in [3.05, 3.63) is 45.9 Å². The first-order chi connectivity index (χ1) is 12.8. The lowest BCUT2D eigenvalue weighted by Gasteiger charge is -2.17. The number of hydrogen-bond donors (Lipinski definition) is 2. The van der Waals surface area contributed by atoms with Crippen LogP contribution in [0, 0.1) is 6.92 Å². The molecule has 0 bridgehead atoms. The van der Waals surface area contributed by atoms with Crippen molar-refractivity contribution in [1.82, 2.24) is 19.8 Å². The van der Waals surface area contributed by atoms with Gasteiger partial charge in [0, 0.05) is 12.7 Å². The van der Waals surface area contributed by atoms with Gasteiger partial charge in [-0.15, -0.1) is 10.2 Å². The number of nitrogens with zero attached hydrogens (tertiary/aromatic N) is 4. The number of nitrogens with one attached hydrogen (secondary N) is 1. The van der Waals surface area contributed by atoms with E-state index in [1.807, 2.05) is 31.2 Å². The minimum absolute atomic E-state index is 0.0241. The molecule has 3 N–H and O–H groups in total. The summed E-state index contributed by atoms with van der Waals surface area (Å²) in [4.78, 5) is 37.5. The summed E-state index contributed by atoms with van der Waals surface area (Å²) in [7, 11) is 1.53. The minimum Gasteiger partial charge on any atom is -0.336 e. The number of para-hydroxylation sites is 1. The van der Waals surface area contributed by atoms with E-state index in [0.717, 1.165) is 34.1 Å². The molecule has 144 valence electrons. The molecule has 10 heteroatoms. The second-order valence-corrected chi connectivity index (χ2v) is 6.78. The second kappa shape index (κ2) is 9.17. The predicted molar refractivity (Wildman–Crippen MR) is 104 cm³/mol. The van der Waals surface area contributed by atoms with Crippen LogP contribution in [-0.4, -0.2) is 50.9 Å². The topological polar surface area (TPSA) is 123 Å². The first-order valence-electron chi connectivity index (χ1n) is 8.29. The monoisotopic (exact) mass is 390 g/mol. The van der Waals surface area contributed by atoms with E-state index in [9.17, 15) is 14.4 Å². The van der Waals surface area contributed by atoms with Crippen LogP contribution in [0.3, 0.4) is 0 Å². The Balaban J connectivity index is 1.91. The van der Waals surface area contributed by atoms with Gasteiger partial charge in [-0.3, -0.25) is 14.4 Å². The maximum atomic E-state index is 12.2. The van der Waals surface area contributed by atoms with Gasteiger partial charge in [0.05, 0.1) is 12.3 Å². The van der Waals surface area contributed by atoms with Gasteiger partial charge >= 0.3 is 0 Å². The normalized spacial score (nSPS) is 10.5. The number of thioether (sulfide) groups is 1. The highest BCUT2D eigenvalue weighted by Crippen LogP contribution is 2.15. The fraction of sp³-hybridized carbons (Fsp3) is 0.353. The Morgan fingerprint density at radius 3 is 2.70 bits per heavy atom. The third kappa shape index (κ3) is 5.30. The number of nitrogen functional groups attached to an aromatic ring is 1. The zero-order valence-electron chi connectivity index (χ0n) is 15.4. The number of aryl methyl sites for hydroxylation is 2. The molecule has 0 atom stereocenters. The lowest BCUT2D eigenvalue weighted by Crippen LogP contribution is -2.36. The summed E-state index contributed by atoms with van der Waals surface area (Å²) in [5, 5.41) is 10.5. The highest BCUT2D eigenvalue weighted by molar-refractivity contribution is 7.99. The molecule has 0 radical (unpaired) electrons. The van der Waals surface area contributed by atoms with Crippen LogP contribution >= 0.6 is 11.8 Å². The molecular formula is C17H22N6O3S. The van der Waals surface area contributed by atoms with Gasteiger partial charge in [0.25, 0.3) is 5.56 Å². The number of carbonyl (C=O) groups excluding carboxylic acids is 2. The largest absolute Gasteiger partial charge is 0.336 e. The summed E-state index contributed by atoms with van der Waals surface area (Å²) in [6.07, 6.45) is 0.792. The molecule has 0 spiro atoms. The molecule has 9 nitrogen and oxygen atoms in total. The molecule has 0 aliphatic carbocycles. The maximum Gasteiger partial charge on any atom is 0.294 e. The first-order valence-corrected chi connectivity index (χ1v) is 9.28. The van der Waals surface area contributed by atoms with E-state index in [1.54, 1.807) is 0 Å². The molecule has 2 rings (SSSR count). The average molecular weight is 390 g/mol. The lowest BCUT2D eigenvalue weighted by atomic mass is 10.1. The Bertz CT molecular complexity index is 898. The van der Waals surface area contributed by atoms with Crippen molar-refractivity contribution in [2.24, 2.45) is 0 Å². The van der Waals surface area contributed by atoms with Crippen molar-refractivity contribution in [1.29, 1.82) is 0 Å². The second-order valence-electron chi connectivity index (χ2n) is 5.84. The molecule has 0 saturated carbocycles. The van der Waals surface area contributed by atoms with Crippen molar-refractivity contribution in [3.63, 3.8) is 0 Å². The summed E-state index contributed by atoms with van der Waals surface area (Å²) in [5.41, 5.74) is 1.47. The third-order valence-electron chi connectivity index (χ3n) is 3.82. The van der Waals surface area contributed by atoms with Crippen LogP contribution in [0.25, 0.3) is 0 Å². The molecule has 0 aliphatic rings. The van der Waals surface area contributed by atoms with E-state index >= 15 is 0 Å². The maximum absolute atomic E-state index is 12.2. The van der Waals surface area contributed by atoms with Gasteiger partial charge in [-0.05, 0) is 25.0 Å². The molecule has 1 heterocycles. The Kier molecular flexibility index (Phi) is 6.94. The molecule has 0 unspecified atom stereocenters. The summed E-state index contributed by atoms with van der Waals surface area (Å²) in [5.74, 6) is 5.02. The molecule has 0 saturated heterocycles. The smallest absolute Gasteiger partial charge is 0.294 e. The Labute approximate surface area is 160 Å². The summed E-state index contributed by atoms with van der Waals surface area (Å²) < 4.78 is 0.856. The fourth-order valence-corrected chi connectivity index (χ4v) is 3.04. The Hall–Kier alpha value is -2.88. The van der Waals surface area contributed by atoms with Gasteiger partial charge in [-0.25, -0.2) is 0 Å². The van der Waals surface area contributed by atoms with Crippen LogP contribution in [0.2, 0.25) is 0 Å². The van der Waals surface area contributed by atoms with E-state index in [-0.39, 0.29) is 35.0 Å². The highest BCUT2D eigenvalue weighted by Gasteiger charge is 2.16. The zero-order valence-corrected chi connectivity index (χ0v) is 16.2. The minimum atomic E-state index is -0.470. The first kappa shape index (κ1) is 20.4. The Morgan fingerprint density at radius 1 is 1.30 bits per heavy atom. The standard InChI is InChI=1S/C17H22N6O3S/c1-4-12-7-5-6-8-13(12)19-14(24)9-22(3)15(25)10-27-17-21-20-11(2)16(26)23(17)18/h5-8H,4,9-10,18H2,1-3H3,(H,19,24). The number of hydrogen-bond acceptors (Lipinski definition) is 7. The summed E-state index contributed by atoms with van der Waals surface area (Å²) >= 11 is 0.985. The van der Waals surface area contributed by atoms with Crippen molar-refractivity contribution >= 4 is 29.3 Å². The van der Waals surface area contributed by atoms with Gasteiger partial charge in [0.2, 0.25) is 17.0 Å². The average Bonchev–Trinajstić information content (AvgIpc) is 2.65. The van der Waals surface area contributed by atoms with Gasteiger partial charge in [0.15, 0.2) is 0 Å². The number of nitrogens with two attached hydrogens (primary N) is 1. The van der Waals surface area contributed by atoms with Crippen LogP contribution < -0.4 is 16.7 Å². The Morgan fingerprint density at radius 2 is 2.00 bits per heavy atom. The van der Waals surface area contributed by atoms with Crippen molar-refractivity contribution in [2.75, 3.05) is 30.5 Å². The number of likely N-dealkylation sites (N-methyl/N-ethyl adjacent to an activating group) is 1.